The van der Waals surface area contributed by atoms with Crippen molar-refractivity contribution in [3.05, 3.63) is 0 Å². The molecule has 0 atom stereocenters. The predicted molar refractivity (Wildman–Crippen MR) is 76.5 cm³/mol. The van der Waals surface area contributed by atoms with Gasteiger partial charge in [0, 0.05) is 24.2 Å². The summed E-state index contributed by atoms with van der Waals surface area (Å²) in [5.74, 6) is 1.47. The number of aliphatic hydroxyl groups excluding tert-OH is 2. The van der Waals surface area contributed by atoms with Crippen molar-refractivity contribution in [2.45, 2.75) is 13.8 Å². The smallest absolute Gasteiger partial charge is 0.239 e. The van der Waals surface area contributed by atoms with Gasteiger partial charge in [0.2, 0.25) is 11.7 Å². The standard InChI is InChI=1S/2C5H12N2O.H2O4S/c2*1-5(6)7(2)3-4-8;1-5(2,3)4/h2*6,8H,3-4H2,1-2H3;(H2,1,2,3,4). The van der Waals surface area contributed by atoms with Gasteiger partial charge in [-0.2, -0.15) is 0 Å². The highest BCUT2D eigenvalue weighted by Crippen LogP contribution is 1.67. The van der Waals surface area contributed by atoms with E-state index in [1.54, 1.807) is 23.0 Å². The zero-order valence-corrected chi connectivity index (χ0v) is 13.6. The summed E-state index contributed by atoms with van der Waals surface area (Å²) < 4.78 is 37.7. The van der Waals surface area contributed by atoms with Crippen molar-refractivity contribution in [2.24, 2.45) is 11.5 Å². The Kier molecular flexibility index (Phi) is 16.1. The summed E-state index contributed by atoms with van der Waals surface area (Å²) in [6, 6.07) is 0. The molecule has 0 amide bonds. The Hall–Kier alpha value is -1.27. The highest BCUT2D eigenvalue weighted by Gasteiger charge is 1.93. The van der Waals surface area contributed by atoms with E-state index in [9.17, 15) is 0 Å². The fourth-order valence-corrected chi connectivity index (χ4v) is 0.653. The van der Waals surface area contributed by atoms with E-state index in [0.29, 0.717) is 13.1 Å². The molecule has 0 fully saturated rings. The van der Waals surface area contributed by atoms with Crippen molar-refractivity contribution in [3.63, 3.8) is 0 Å². The first-order valence-electron chi connectivity index (χ1n) is 5.85. The summed E-state index contributed by atoms with van der Waals surface area (Å²) in [5, 5.41) is 16.8. The van der Waals surface area contributed by atoms with E-state index in [0.717, 1.165) is 11.7 Å². The summed E-state index contributed by atoms with van der Waals surface area (Å²) in [6.07, 6.45) is 0. The lowest BCUT2D eigenvalue weighted by atomic mass is 10.6. The van der Waals surface area contributed by atoms with Crippen LogP contribution in [0.1, 0.15) is 13.8 Å². The Labute approximate surface area is 125 Å². The molecule has 0 aliphatic rings. The number of likely N-dealkylation sites (N-methyl/N-ethyl adjacent to an activating group) is 2. The van der Waals surface area contributed by atoms with Crippen LogP contribution in [0.15, 0.2) is 0 Å². The topological polar surface area (TPSA) is 179 Å². The molecule has 0 spiro atoms. The molecule has 6 N–H and O–H groups in total. The lowest BCUT2D eigenvalue weighted by Gasteiger charge is -2.06. The minimum Gasteiger partial charge on any atom is -0.759 e. The predicted octanol–water partition coefficient (Wildman–Crippen LogP) is -3.34. The molecule has 0 aliphatic carbocycles. The highest BCUT2D eigenvalue weighted by molar-refractivity contribution is 7.79. The second kappa shape index (κ2) is 13.7. The Bertz CT molecular complexity index is 391. The third kappa shape index (κ3) is 32.3. The number of hydrogen-bond donors (Lipinski definition) is 4. The first-order chi connectivity index (χ1) is 9.36. The van der Waals surface area contributed by atoms with E-state index in [2.05, 4.69) is 0 Å². The van der Waals surface area contributed by atoms with Crippen LogP contribution < -0.4 is 11.5 Å². The van der Waals surface area contributed by atoms with E-state index in [1.807, 2.05) is 14.1 Å². The molecule has 0 aliphatic heterocycles. The Morgan fingerprint density at radius 1 is 0.952 bits per heavy atom. The van der Waals surface area contributed by atoms with E-state index >= 15 is 0 Å². The number of amidine groups is 2. The van der Waals surface area contributed by atoms with Crippen LogP contribution >= 0.6 is 0 Å². The van der Waals surface area contributed by atoms with Crippen molar-refractivity contribution in [3.8, 4) is 0 Å². The van der Waals surface area contributed by atoms with Gasteiger partial charge in [0.1, 0.15) is 13.1 Å². The lowest BCUT2D eigenvalue weighted by molar-refractivity contribution is -0.501. The van der Waals surface area contributed by atoms with Gasteiger partial charge in [-0.1, -0.05) is 0 Å². The van der Waals surface area contributed by atoms with Gasteiger partial charge in [0.15, 0.2) is 0 Å². The Balaban J connectivity index is -0.000000239. The molecule has 0 unspecified atom stereocenters. The van der Waals surface area contributed by atoms with Crippen LogP contribution in [0.4, 0.5) is 0 Å². The Morgan fingerprint density at radius 2 is 1.14 bits per heavy atom. The van der Waals surface area contributed by atoms with Gasteiger partial charge >= 0.3 is 0 Å². The molecule has 0 aromatic heterocycles. The van der Waals surface area contributed by atoms with Gasteiger partial charge in [-0.05, 0) is 0 Å². The molecule has 0 radical (unpaired) electrons. The minimum atomic E-state index is -5.17. The molecule has 10 nitrogen and oxygen atoms in total. The number of nitrogens with two attached hydrogens (primary N) is 2. The van der Waals surface area contributed by atoms with E-state index in [-0.39, 0.29) is 13.2 Å². The molecule has 0 aromatic carbocycles. The molecule has 0 saturated carbocycles. The summed E-state index contributed by atoms with van der Waals surface area (Å²) in [5.41, 5.74) is 10.7. The molecule has 0 bridgehead atoms. The molecule has 0 heterocycles. The average Bonchev–Trinajstić information content (AvgIpc) is 2.28. The third-order valence-corrected chi connectivity index (χ3v) is 2.08. The third-order valence-electron chi connectivity index (χ3n) is 2.08. The molecule has 0 saturated heterocycles. The minimum absolute atomic E-state index is 0.158. The molecular weight excluding hydrogens is 304 g/mol. The van der Waals surface area contributed by atoms with Crippen LogP contribution in [-0.4, -0.2) is 89.0 Å². The number of hydrogen-bond acceptors (Lipinski definition) is 6. The second-order valence-corrected chi connectivity index (χ2v) is 4.80. The van der Waals surface area contributed by atoms with Crippen LogP contribution in [0.25, 0.3) is 0 Å². The molecule has 128 valence electrons. The van der Waals surface area contributed by atoms with Crippen LogP contribution in [-0.2, 0) is 10.4 Å². The molecule has 0 rings (SSSR count). The SMILES string of the molecule is CC(N)=[N+](C)CCO.CC(N)=[N+](C)CCO.O=S(=O)([O-])[O-]. The molecule has 0 aromatic rings. The average molecular weight is 330 g/mol. The van der Waals surface area contributed by atoms with Crippen LogP contribution in [0.5, 0.6) is 0 Å². The maximum absolute atomic E-state index is 8.52. The fourth-order valence-electron chi connectivity index (χ4n) is 0.653. The maximum Gasteiger partial charge on any atom is 0.239 e. The second-order valence-electron chi connectivity index (χ2n) is 3.98. The zero-order valence-electron chi connectivity index (χ0n) is 12.8. The van der Waals surface area contributed by atoms with E-state index in [1.165, 1.54) is 0 Å². The van der Waals surface area contributed by atoms with E-state index < -0.39 is 10.4 Å². The summed E-state index contributed by atoms with van der Waals surface area (Å²) in [7, 11) is -1.49. The van der Waals surface area contributed by atoms with Gasteiger partial charge in [0.25, 0.3) is 0 Å². The fraction of sp³-hybridized carbons (Fsp3) is 0.800. The van der Waals surface area contributed by atoms with Gasteiger partial charge in [0.05, 0.1) is 27.3 Å². The molecule has 21 heavy (non-hydrogen) atoms. The Morgan fingerprint density at radius 3 is 1.19 bits per heavy atom. The number of aliphatic hydroxyl groups is 2. The lowest BCUT2D eigenvalue weighted by Crippen LogP contribution is -2.24. The van der Waals surface area contributed by atoms with Crippen molar-refractivity contribution in [2.75, 3.05) is 40.4 Å². The number of rotatable bonds is 4. The molecular formula is C10H26N4O6S. The van der Waals surface area contributed by atoms with Gasteiger partial charge in [-0.15, -0.1) is 0 Å². The first kappa shape index (κ1) is 24.7. The normalized spacial score (nSPS) is 13.0. The summed E-state index contributed by atoms with van der Waals surface area (Å²) in [6.45, 7) is 5.14. The molecule has 11 heteroatoms. The summed E-state index contributed by atoms with van der Waals surface area (Å²) >= 11 is 0. The van der Waals surface area contributed by atoms with Crippen molar-refractivity contribution in [1.29, 1.82) is 0 Å². The quantitative estimate of drug-likeness (QED) is 0.136. The summed E-state index contributed by atoms with van der Waals surface area (Å²) in [4.78, 5) is 0. The highest BCUT2D eigenvalue weighted by atomic mass is 32.3. The van der Waals surface area contributed by atoms with E-state index in [4.69, 9.17) is 39.2 Å². The van der Waals surface area contributed by atoms with Crippen LogP contribution in [0.3, 0.4) is 0 Å². The largest absolute Gasteiger partial charge is 0.759 e. The maximum atomic E-state index is 8.52. The van der Waals surface area contributed by atoms with Crippen LogP contribution in [0.2, 0.25) is 0 Å². The van der Waals surface area contributed by atoms with Crippen molar-refractivity contribution < 1.29 is 36.9 Å². The van der Waals surface area contributed by atoms with Gasteiger partial charge in [-0.25, -0.2) is 0 Å². The van der Waals surface area contributed by atoms with Crippen molar-refractivity contribution in [1.82, 2.24) is 0 Å². The monoisotopic (exact) mass is 330 g/mol. The number of nitrogens with zero attached hydrogens (tertiary/aromatic N) is 2. The van der Waals surface area contributed by atoms with Gasteiger partial charge in [-0.3, -0.25) is 29.0 Å². The zero-order chi connectivity index (χ0) is 17.6. The van der Waals surface area contributed by atoms with Crippen molar-refractivity contribution >= 4 is 22.1 Å². The first-order valence-corrected chi connectivity index (χ1v) is 7.18. The van der Waals surface area contributed by atoms with Crippen LogP contribution in [0, 0.1) is 0 Å². The van der Waals surface area contributed by atoms with Gasteiger partial charge < -0.3 is 19.3 Å².